The topological polar surface area (TPSA) is 49.6 Å². The van der Waals surface area contributed by atoms with E-state index in [9.17, 15) is 4.79 Å². The molecule has 5 heteroatoms. The van der Waals surface area contributed by atoms with Crippen LogP contribution in [0.4, 0.5) is 0 Å². The number of likely N-dealkylation sites (N-methyl/N-ethyl adjacent to an activating group) is 1. The van der Waals surface area contributed by atoms with Crippen LogP contribution in [-0.2, 0) is 11.3 Å². The normalized spacial score (nSPS) is 26.5. The largest absolute Gasteiger partial charge is 0.338 e. The molecule has 2 aliphatic rings. The summed E-state index contributed by atoms with van der Waals surface area (Å²) in [6.45, 7) is 6.11. The first-order valence-corrected chi connectivity index (χ1v) is 8.97. The maximum atomic E-state index is 12.7. The van der Waals surface area contributed by atoms with Gasteiger partial charge >= 0.3 is 0 Å². The molecule has 1 aliphatic carbocycles. The van der Waals surface area contributed by atoms with Crippen LogP contribution in [0.3, 0.4) is 0 Å². The zero-order chi connectivity index (χ0) is 16.2. The van der Waals surface area contributed by atoms with Gasteiger partial charge in [-0.2, -0.15) is 0 Å². The minimum Gasteiger partial charge on any atom is -0.338 e. The molecule has 3 unspecified atom stereocenters. The Hall–Kier alpha value is -1.10. The average Bonchev–Trinajstić information content (AvgIpc) is 2.97. The summed E-state index contributed by atoms with van der Waals surface area (Å²) in [4.78, 5) is 17.0. The number of hydrogen-bond acceptors (Lipinski definition) is 3. The van der Waals surface area contributed by atoms with Crippen LogP contribution in [-0.4, -0.2) is 47.9 Å². The second kappa shape index (κ2) is 8.84. The zero-order valence-corrected chi connectivity index (χ0v) is 15.4. The Kier molecular flexibility index (Phi) is 7.08. The van der Waals surface area contributed by atoms with Crippen molar-refractivity contribution in [2.45, 2.75) is 38.8 Å². The lowest BCUT2D eigenvalue weighted by Crippen LogP contribution is -2.40. The number of carbonyl (C=O) groups excluding carboxylic acids is 1. The Bertz CT molecular complexity index is 525. The molecule has 0 bridgehead atoms. The van der Waals surface area contributed by atoms with E-state index in [1.165, 1.54) is 18.4 Å². The van der Waals surface area contributed by atoms with E-state index in [-0.39, 0.29) is 18.3 Å². The first-order valence-electron chi connectivity index (χ1n) is 8.97. The Morgan fingerprint density at radius 1 is 1.25 bits per heavy atom. The van der Waals surface area contributed by atoms with Crippen LogP contribution in [0, 0.1) is 11.8 Å². The predicted molar refractivity (Wildman–Crippen MR) is 100 cm³/mol. The van der Waals surface area contributed by atoms with Crippen molar-refractivity contribution in [3.8, 4) is 0 Å². The summed E-state index contributed by atoms with van der Waals surface area (Å²) in [6, 6.07) is 10.6. The molecule has 1 saturated carbocycles. The van der Waals surface area contributed by atoms with E-state index in [0.29, 0.717) is 31.0 Å². The number of carbonyl (C=O) groups is 1. The highest BCUT2D eigenvalue weighted by Crippen LogP contribution is 2.35. The maximum absolute atomic E-state index is 12.7. The van der Waals surface area contributed by atoms with Crippen LogP contribution < -0.4 is 5.73 Å². The number of halogens is 1. The summed E-state index contributed by atoms with van der Waals surface area (Å²) in [5.74, 6) is 1.54. The SMILES string of the molecule is CCN(Cc1ccccc1)C(=O)CN1CC2CCCC(N)C2C1.Cl. The molecule has 4 nitrogen and oxygen atoms in total. The highest BCUT2D eigenvalue weighted by Gasteiger charge is 2.39. The van der Waals surface area contributed by atoms with Gasteiger partial charge in [-0.25, -0.2) is 0 Å². The second-order valence-electron chi connectivity index (χ2n) is 7.11. The van der Waals surface area contributed by atoms with Crippen molar-refractivity contribution in [1.29, 1.82) is 0 Å². The molecular weight excluding hydrogens is 322 g/mol. The van der Waals surface area contributed by atoms with Crippen LogP contribution in [0.15, 0.2) is 30.3 Å². The lowest BCUT2D eigenvalue weighted by molar-refractivity contribution is -0.132. The Morgan fingerprint density at radius 3 is 2.67 bits per heavy atom. The van der Waals surface area contributed by atoms with Crippen molar-refractivity contribution < 1.29 is 4.79 Å². The monoisotopic (exact) mass is 351 g/mol. The number of hydrogen-bond donors (Lipinski definition) is 1. The van der Waals surface area contributed by atoms with Crippen molar-refractivity contribution in [1.82, 2.24) is 9.80 Å². The molecule has 1 aromatic rings. The lowest BCUT2D eigenvalue weighted by Gasteiger charge is -2.29. The second-order valence-corrected chi connectivity index (χ2v) is 7.11. The number of fused-ring (bicyclic) bond motifs is 1. The Morgan fingerprint density at radius 2 is 2.00 bits per heavy atom. The van der Waals surface area contributed by atoms with Crippen LogP contribution in [0.1, 0.15) is 31.7 Å². The van der Waals surface area contributed by atoms with E-state index in [0.717, 1.165) is 26.1 Å². The number of likely N-dealkylation sites (tertiary alicyclic amines) is 1. The quantitative estimate of drug-likeness (QED) is 0.886. The smallest absolute Gasteiger partial charge is 0.237 e. The van der Waals surface area contributed by atoms with Crippen LogP contribution in [0.25, 0.3) is 0 Å². The summed E-state index contributed by atoms with van der Waals surface area (Å²) in [7, 11) is 0. The van der Waals surface area contributed by atoms with E-state index >= 15 is 0 Å². The van der Waals surface area contributed by atoms with E-state index in [2.05, 4.69) is 24.0 Å². The van der Waals surface area contributed by atoms with Gasteiger partial charge in [-0.3, -0.25) is 9.69 Å². The van der Waals surface area contributed by atoms with Crippen LogP contribution in [0.5, 0.6) is 0 Å². The first-order chi connectivity index (χ1) is 11.2. The summed E-state index contributed by atoms with van der Waals surface area (Å²) in [5.41, 5.74) is 7.47. The number of amides is 1. The molecule has 2 fully saturated rings. The fourth-order valence-electron chi connectivity index (χ4n) is 4.21. The molecule has 2 N–H and O–H groups in total. The predicted octanol–water partition coefficient (Wildman–Crippen LogP) is 2.52. The van der Waals surface area contributed by atoms with Crippen LogP contribution >= 0.6 is 12.4 Å². The van der Waals surface area contributed by atoms with Crippen molar-refractivity contribution in [2.75, 3.05) is 26.2 Å². The van der Waals surface area contributed by atoms with Gasteiger partial charge in [0.05, 0.1) is 6.54 Å². The van der Waals surface area contributed by atoms with Gasteiger partial charge in [0, 0.05) is 32.2 Å². The average molecular weight is 352 g/mol. The van der Waals surface area contributed by atoms with Gasteiger partial charge < -0.3 is 10.6 Å². The molecule has 1 aromatic carbocycles. The van der Waals surface area contributed by atoms with E-state index in [4.69, 9.17) is 5.73 Å². The molecule has 24 heavy (non-hydrogen) atoms. The first kappa shape index (κ1) is 19.2. The third-order valence-corrected chi connectivity index (χ3v) is 5.54. The number of nitrogens with two attached hydrogens (primary N) is 1. The number of nitrogens with zero attached hydrogens (tertiary/aromatic N) is 2. The van der Waals surface area contributed by atoms with Crippen molar-refractivity contribution in [3.05, 3.63) is 35.9 Å². The molecular formula is C19H30ClN3O. The standard InChI is InChI=1S/C19H29N3O.ClH/c1-2-22(11-15-7-4-3-5-8-15)19(23)14-21-12-16-9-6-10-18(20)17(16)13-21;/h3-5,7-8,16-18H,2,6,9-14,20H2,1H3;1H. The highest BCUT2D eigenvalue weighted by atomic mass is 35.5. The van der Waals surface area contributed by atoms with E-state index in [1.54, 1.807) is 0 Å². The fraction of sp³-hybridized carbons (Fsp3) is 0.632. The molecule has 1 heterocycles. The van der Waals surface area contributed by atoms with Gasteiger partial charge in [0.2, 0.25) is 5.91 Å². The minimum absolute atomic E-state index is 0. The molecule has 1 aliphatic heterocycles. The number of rotatable bonds is 5. The number of benzene rings is 1. The van der Waals surface area contributed by atoms with E-state index in [1.807, 2.05) is 23.1 Å². The van der Waals surface area contributed by atoms with Gasteiger partial charge in [0.1, 0.15) is 0 Å². The Balaban J connectivity index is 0.00000208. The van der Waals surface area contributed by atoms with Crippen molar-refractivity contribution in [2.24, 2.45) is 17.6 Å². The van der Waals surface area contributed by atoms with Gasteiger partial charge in [-0.05, 0) is 37.2 Å². The lowest BCUT2D eigenvalue weighted by atomic mass is 9.78. The summed E-state index contributed by atoms with van der Waals surface area (Å²) < 4.78 is 0. The zero-order valence-electron chi connectivity index (χ0n) is 14.6. The summed E-state index contributed by atoms with van der Waals surface area (Å²) in [5, 5.41) is 0. The minimum atomic E-state index is 0. The maximum Gasteiger partial charge on any atom is 0.237 e. The molecule has 3 atom stereocenters. The van der Waals surface area contributed by atoms with E-state index < -0.39 is 0 Å². The summed E-state index contributed by atoms with van der Waals surface area (Å²) >= 11 is 0. The fourth-order valence-corrected chi connectivity index (χ4v) is 4.21. The molecule has 0 aromatic heterocycles. The molecule has 1 amide bonds. The van der Waals surface area contributed by atoms with Crippen molar-refractivity contribution in [3.63, 3.8) is 0 Å². The third-order valence-electron chi connectivity index (χ3n) is 5.54. The van der Waals surface area contributed by atoms with Gasteiger partial charge in [0.15, 0.2) is 0 Å². The molecule has 1 saturated heterocycles. The molecule has 0 spiro atoms. The van der Waals surface area contributed by atoms with Crippen molar-refractivity contribution >= 4 is 18.3 Å². The molecule has 134 valence electrons. The molecule has 0 radical (unpaired) electrons. The highest BCUT2D eigenvalue weighted by molar-refractivity contribution is 5.85. The van der Waals surface area contributed by atoms with Crippen LogP contribution in [0.2, 0.25) is 0 Å². The van der Waals surface area contributed by atoms with Gasteiger partial charge in [0.25, 0.3) is 0 Å². The summed E-state index contributed by atoms with van der Waals surface area (Å²) in [6.07, 6.45) is 3.68. The van der Waals surface area contributed by atoms with Gasteiger partial charge in [-0.1, -0.05) is 36.8 Å². The van der Waals surface area contributed by atoms with Gasteiger partial charge in [-0.15, -0.1) is 12.4 Å². The molecule has 3 rings (SSSR count). The third kappa shape index (κ3) is 4.50. The Labute approximate surface area is 151 Å².